The van der Waals surface area contributed by atoms with Crippen molar-refractivity contribution in [2.45, 2.75) is 40.2 Å². The normalized spacial score (nSPS) is 23.5. The van der Waals surface area contributed by atoms with Crippen LogP contribution in [0.5, 0.6) is 0 Å². The highest BCUT2D eigenvalue weighted by atomic mass is 16.6. The molecule has 1 aliphatic rings. The second kappa shape index (κ2) is 6.38. The summed E-state index contributed by atoms with van der Waals surface area (Å²) in [7, 11) is 1.23. The third kappa shape index (κ3) is 3.07. The first-order chi connectivity index (χ1) is 11.1. The summed E-state index contributed by atoms with van der Waals surface area (Å²) in [5, 5.41) is 0. The largest absolute Gasteiger partial charge is 0.468 e. The van der Waals surface area contributed by atoms with Crippen molar-refractivity contribution >= 4 is 17.7 Å². The van der Waals surface area contributed by atoms with Crippen LogP contribution >= 0.6 is 0 Å². The van der Waals surface area contributed by atoms with Crippen molar-refractivity contribution in [1.82, 2.24) is 0 Å². The molecule has 0 saturated carbocycles. The number of carbonyl (C=O) groups excluding carboxylic acids is 3. The number of ether oxygens (including phenoxy) is 2. The molecule has 1 fully saturated rings. The van der Waals surface area contributed by atoms with Crippen molar-refractivity contribution in [2.75, 3.05) is 7.11 Å². The quantitative estimate of drug-likeness (QED) is 0.482. The van der Waals surface area contributed by atoms with Gasteiger partial charge in [0.1, 0.15) is 5.60 Å². The topological polar surface area (TPSA) is 69.7 Å². The standard InChI is InChI=1S/C19H24O5/c1-10-7-8-13(11(2)9-10)16(20)12(3)15-14(17(21)23-6)18(22)24-19(15,4)5/h7-9,12,14-15H,1-6H3/t12-,14+,15+/m0/s1. The van der Waals surface area contributed by atoms with Gasteiger partial charge in [-0.2, -0.15) is 0 Å². The zero-order chi connectivity index (χ0) is 18.2. The maximum atomic E-state index is 13.0. The Labute approximate surface area is 142 Å². The molecule has 0 spiro atoms. The molecule has 24 heavy (non-hydrogen) atoms. The predicted molar refractivity (Wildman–Crippen MR) is 88.6 cm³/mol. The van der Waals surface area contributed by atoms with Crippen LogP contribution in [0, 0.1) is 31.6 Å². The SMILES string of the molecule is COC(=O)[C@@H]1C(=O)OC(C)(C)[C@@H]1[C@H](C)C(=O)c1ccc(C)cc1C. The van der Waals surface area contributed by atoms with E-state index in [1.165, 1.54) is 7.11 Å². The van der Waals surface area contributed by atoms with Gasteiger partial charge in [0, 0.05) is 17.4 Å². The van der Waals surface area contributed by atoms with E-state index in [9.17, 15) is 14.4 Å². The molecule has 0 bridgehead atoms. The molecule has 3 atom stereocenters. The van der Waals surface area contributed by atoms with Crippen LogP contribution < -0.4 is 0 Å². The second-order valence-corrected chi connectivity index (χ2v) is 7.02. The van der Waals surface area contributed by atoms with Gasteiger partial charge in [-0.1, -0.05) is 30.7 Å². The summed E-state index contributed by atoms with van der Waals surface area (Å²) < 4.78 is 10.1. The van der Waals surface area contributed by atoms with Gasteiger partial charge < -0.3 is 9.47 Å². The molecule has 2 rings (SSSR count). The number of rotatable bonds is 4. The molecule has 0 unspecified atom stereocenters. The van der Waals surface area contributed by atoms with E-state index in [0.29, 0.717) is 5.56 Å². The number of hydrogen-bond acceptors (Lipinski definition) is 5. The highest BCUT2D eigenvalue weighted by molar-refractivity contribution is 6.02. The lowest BCUT2D eigenvalue weighted by Gasteiger charge is -2.30. The molecule has 130 valence electrons. The van der Waals surface area contributed by atoms with Gasteiger partial charge in [0.15, 0.2) is 11.7 Å². The van der Waals surface area contributed by atoms with Crippen LogP contribution in [0.2, 0.25) is 0 Å². The molecule has 5 heteroatoms. The van der Waals surface area contributed by atoms with Gasteiger partial charge in [0.2, 0.25) is 0 Å². The van der Waals surface area contributed by atoms with Crippen LogP contribution in [0.3, 0.4) is 0 Å². The van der Waals surface area contributed by atoms with Gasteiger partial charge in [0.25, 0.3) is 0 Å². The van der Waals surface area contributed by atoms with Gasteiger partial charge in [-0.15, -0.1) is 0 Å². The van der Waals surface area contributed by atoms with Gasteiger partial charge in [0.05, 0.1) is 7.11 Å². The Bertz CT molecular complexity index is 689. The smallest absolute Gasteiger partial charge is 0.321 e. The van der Waals surface area contributed by atoms with Crippen molar-refractivity contribution in [3.8, 4) is 0 Å². The van der Waals surface area contributed by atoms with E-state index in [2.05, 4.69) is 0 Å². The predicted octanol–water partition coefficient (Wildman–Crippen LogP) is 2.86. The molecular formula is C19H24O5. The summed E-state index contributed by atoms with van der Waals surface area (Å²) in [6.07, 6.45) is 0. The minimum absolute atomic E-state index is 0.0993. The summed E-state index contributed by atoms with van der Waals surface area (Å²) >= 11 is 0. The first kappa shape index (κ1) is 18.2. The molecular weight excluding hydrogens is 308 g/mol. The lowest BCUT2D eigenvalue weighted by molar-refractivity contribution is -0.156. The van der Waals surface area contributed by atoms with Crippen molar-refractivity contribution in [2.24, 2.45) is 17.8 Å². The number of methoxy groups -OCH3 is 1. The maximum absolute atomic E-state index is 13.0. The Morgan fingerprint density at radius 1 is 1.25 bits per heavy atom. The Morgan fingerprint density at radius 2 is 1.88 bits per heavy atom. The van der Waals surface area contributed by atoms with Gasteiger partial charge in [-0.05, 0) is 33.3 Å². The number of Topliss-reactive ketones (excluding diaryl/α,β-unsaturated/α-hetero) is 1. The fourth-order valence-corrected chi connectivity index (χ4v) is 3.70. The average Bonchev–Trinajstić information content (AvgIpc) is 2.73. The molecule has 1 aliphatic heterocycles. The van der Waals surface area contributed by atoms with Crippen molar-refractivity contribution in [3.63, 3.8) is 0 Å². The van der Waals surface area contributed by atoms with E-state index in [1.807, 2.05) is 26.0 Å². The number of hydrogen-bond donors (Lipinski definition) is 0. The lowest BCUT2D eigenvalue weighted by atomic mass is 9.72. The fraction of sp³-hybridized carbons (Fsp3) is 0.526. The van der Waals surface area contributed by atoms with Crippen molar-refractivity contribution in [3.05, 3.63) is 34.9 Å². The third-order valence-electron chi connectivity index (χ3n) is 4.83. The molecule has 0 aromatic heterocycles. The molecule has 0 radical (unpaired) electrons. The van der Waals surface area contributed by atoms with Gasteiger partial charge in [-0.3, -0.25) is 14.4 Å². The summed E-state index contributed by atoms with van der Waals surface area (Å²) in [6.45, 7) is 9.04. The van der Waals surface area contributed by atoms with Crippen LogP contribution in [0.15, 0.2) is 18.2 Å². The van der Waals surface area contributed by atoms with Crippen LogP contribution in [-0.4, -0.2) is 30.4 Å². The minimum Gasteiger partial charge on any atom is -0.468 e. The van der Waals surface area contributed by atoms with Gasteiger partial charge >= 0.3 is 11.9 Å². The molecule has 1 aromatic rings. The third-order valence-corrected chi connectivity index (χ3v) is 4.83. The minimum atomic E-state index is -1.07. The summed E-state index contributed by atoms with van der Waals surface area (Å²) in [5.41, 5.74) is 1.64. The molecule has 5 nitrogen and oxygen atoms in total. The zero-order valence-electron chi connectivity index (χ0n) is 15.0. The summed E-state index contributed by atoms with van der Waals surface area (Å²) in [5.74, 6) is -3.59. The first-order valence-electron chi connectivity index (χ1n) is 8.02. The molecule has 1 heterocycles. The van der Waals surface area contributed by atoms with Crippen LogP contribution in [0.4, 0.5) is 0 Å². The highest BCUT2D eigenvalue weighted by Gasteiger charge is 2.57. The van der Waals surface area contributed by atoms with Crippen LogP contribution in [0.25, 0.3) is 0 Å². The number of benzene rings is 1. The number of ketones is 1. The zero-order valence-corrected chi connectivity index (χ0v) is 15.0. The fourth-order valence-electron chi connectivity index (χ4n) is 3.70. The summed E-state index contributed by atoms with van der Waals surface area (Å²) in [6, 6.07) is 5.62. The Balaban J connectivity index is 2.41. The van der Waals surface area contributed by atoms with Crippen LogP contribution in [-0.2, 0) is 19.1 Å². The summed E-state index contributed by atoms with van der Waals surface area (Å²) in [4.78, 5) is 37.2. The lowest BCUT2D eigenvalue weighted by Crippen LogP contribution is -2.41. The number of cyclic esters (lactones) is 1. The molecule has 0 amide bonds. The van der Waals surface area contributed by atoms with E-state index >= 15 is 0 Å². The van der Waals surface area contributed by atoms with Crippen molar-refractivity contribution < 1.29 is 23.9 Å². The Hall–Kier alpha value is -2.17. The highest BCUT2D eigenvalue weighted by Crippen LogP contribution is 2.43. The average molecular weight is 332 g/mol. The molecule has 1 aromatic carbocycles. The van der Waals surface area contributed by atoms with E-state index in [0.717, 1.165) is 11.1 Å². The van der Waals surface area contributed by atoms with E-state index in [1.54, 1.807) is 26.8 Å². The van der Waals surface area contributed by atoms with Gasteiger partial charge in [-0.25, -0.2) is 0 Å². The van der Waals surface area contributed by atoms with Crippen LogP contribution in [0.1, 0.15) is 42.3 Å². The van der Waals surface area contributed by atoms with E-state index in [-0.39, 0.29) is 5.78 Å². The van der Waals surface area contributed by atoms with E-state index in [4.69, 9.17) is 9.47 Å². The number of carbonyl (C=O) groups is 3. The first-order valence-corrected chi connectivity index (χ1v) is 8.02. The Kier molecular flexibility index (Phi) is 4.83. The monoisotopic (exact) mass is 332 g/mol. The Morgan fingerprint density at radius 3 is 2.42 bits per heavy atom. The van der Waals surface area contributed by atoms with E-state index < -0.39 is 35.3 Å². The maximum Gasteiger partial charge on any atom is 0.321 e. The number of esters is 2. The molecule has 1 saturated heterocycles. The molecule has 0 N–H and O–H groups in total. The number of aryl methyl sites for hydroxylation is 2. The molecule has 0 aliphatic carbocycles. The van der Waals surface area contributed by atoms with Crippen molar-refractivity contribution in [1.29, 1.82) is 0 Å². The second-order valence-electron chi connectivity index (χ2n) is 7.02.